The number of hydrogen-bond donors (Lipinski definition) is 2. The van der Waals surface area contributed by atoms with Crippen molar-refractivity contribution in [3.8, 4) is 17.6 Å². The second-order valence-electron chi connectivity index (χ2n) is 5.93. The number of carbonyl (C=O) groups excluding carboxylic acids is 2. The molecule has 4 nitrogen and oxygen atoms in total. The van der Waals surface area contributed by atoms with Crippen LogP contribution in [-0.2, 0) is 0 Å². The van der Waals surface area contributed by atoms with E-state index in [-0.39, 0.29) is 39.5 Å². The molecule has 0 spiro atoms. The summed E-state index contributed by atoms with van der Waals surface area (Å²) in [5, 5.41) is 10.4. The Morgan fingerprint density at radius 1 is 0.769 bits per heavy atom. The minimum atomic E-state index is -0.415. The molecule has 3 N–H and O–H groups in total. The molecule has 124 valence electrons. The number of anilines is 1. The Kier molecular flexibility index (Phi) is 3.56. The molecule has 0 aromatic heterocycles. The molecule has 0 radical (unpaired) electrons. The highest BCUT2D eigenvalue weighted by molar-refractivity contribution is 6.31. The maximum absolute atomic E-state index is 12.9. The fraction of sp³-hybridized carbons (Fsp3) is 0. The van der Waals surface area contributed by atoms with Gasteiger partial charge in [-0.2, -0.15) is 0 Å². The van der Waals surface area contributed by atoms with Gasteiger partial charge in [-0.1, -0.05) is 54.3 Å². The molecule has 1 aliphatic carbocycles. The SMILES string of the molecule is Nc1c(C#Cc2ccccc2)cc(O)c2c1C(=O)c1ccccc1C2=O. The van der Waals surface area contributed by atoms with Crippen LogP contribution >= 0.6 is 0 Å². The summed E-state index contributed by atoms with van der Waals surface area (Å²) >= 11 is 0. The maximum Gasteiger partial charge on any atom is 0.198 e. The summed E-state index contributed by atoms with van der Waals surface area (Å²) in [7, 11) is 0. The van der Waals surface area contributed by atoms with Gasteiger partial charge in [0, 0.05) is 16.7 Å². The van der Waals surface area contributed by atoms with E-state index in [1.165, 1.54) is 6.07 Å². The van der Waals surface area contributed by atoms with Gasteiger partial charge in [-0.05, 0) is 18.2 Å². The molecule has 0 heterocycles. The van der Waals surface area contributed by atoms with Crippen molar-refractivity contribution in [2.24, 2.45) is 0 Å². The first-order valence-corrected chi connectivity index (χ1v) is 7.99. The van der Waals surface area contributed by atoms with Crippen LogP contribution in [0.3, 0.4) is 0 Å². The normalized spacial score (nSPS) is 12.0. The standard InChI is InChI=1S/C22H13NO3/c23-20-14(11-10-13-6-2-1-3-7-13)12-17(24)18-19(20)22(26)16-9-5-4-8-15(16)21(18)25/h1-9,12,24H,23H2. The second-order valence-corrected chi connectivity index (χ2v) is 5.93. The van der Waals surface area contributed by atoms with Gasteiger partial charge in [0.15, 0.2) is 11.6 Å². The van der Waals surface area contributed by atoms with Crippen molar-refractivity contribution in [3.05, 3.63) is 94.0 Å². The number of ketones is 2. The van der Waals surface area contributed by atoms with Crippen LogP contribution in [0.5, 0.6) is 5.75 Å². The lowest BCUT2D eigenvalue weighted by molar-refractivity contribution is 0.0977. The average molecular weight is 339 g/mol. The van der Waals surface area contributed by atoms with Gasteiger partial charge >= 0.3 is 0 Å². The Hall–Kier alpha value is -3.84. The van der Waals surface area contributed by atoms with Gasteiger partial charge in [0.25, 0.3) is 0 Å². The predicted molar refractivity (Wildman–Crippen MR) is 98.2 cm³/mol. The highest BCUT2D eigenvalue weighted by Gasteiger charge is 2.34. The minimum Gasteiger partial charge on any atom is -0.507 e. The summed E-state index contributed by atoms with van der Waals surface area (Å²) in [5.74, 6) is 4.73. The van der Waals surface area contributed by atoms with Crippen molar-refractivity contribution in [1.82, 2.24) is 0 Å². The first-order chi connectivity index (χ1) is 12.6. The third-order valence-electron chi connectivity index (χ3n) is 4.33. The first kappa shape index (κ1) is 15.7. The van der Waals surface area contributed by atoms with Crippen molar-refractivity contribution < 1.29 is 14.7 Å². The molecule has 0 amide bonds. The van der Waals surface area contributed by atoms with E-state index in [9.17, 15) is 14.7 Å². The Bertz CT molecular complexity index is 1140. The molecule has 3 aromatic rings. The largest absolute Gasteiger partial charge is 0.507 e. The quantitative estimate of drug-likeness (QED) is 0.293. The number of carbonyl (C=O) groups is 2. The van der Waals surface area contributed by atoms with Crippen molar-refractivity contribution in [1.29, 1.82) is 0 Å². The number of rotatable bonds is 0. The lowest BCUT2D eigenvalue weighted by atomic mass is 9.81. The molecule has 0 atom stereocenters. The summed E-state index contributed by atoms with van der Waals surface area (Å²) in [5.41, 5.74) is 7.86. The number of aromatic hydroxyl groups is 1. The monoisotopic (exact) mass is 339 g/mol. The molecule has 26 heavy (non-hydrogen) atoms. The summed E-state index contributed by atoms with van der Waals surface area (Å²) in [6.45, 7) is 0. The molecule has 0 saturated heterocycles. The number of benzene rings is 3. The van der Waals surface area contributed by atoms with Gasteiger partial charge < -0.3 is 10.8 Å². The molecule has 0 aliphatic heterocycles. The molecule has 4 heteroatoms. The van der Waals surface area contributed by atoms with Crippen LogP contribution in [-0.4, -0.2) is 16.7 Å². The highest BCUT2D eigenvalue weighted by atomic mass is 16.3. The van der Waals surface area contributed by atoms with Crippen LogP contribution in [0.4, 0.5) is 5.69 Å². The van der Waals surface area contributed by atoms with Crippen molar-refractivity contribution in [3.63, 3.8) is 0 Å². The number of phenolic OH excluding ortho intramolecular Hbond substituents is 1. The number of nitrogen functional groups attached to an aromatic ring is 1. The van der Waals surface area contributed by atoms with Gasteiger partial charge in [0.05, 0.1) is 22.4 Å². The molecular weight excluding hydrogens is 326 g/mol. The predicted octanol–water partition coefficient (Wildman–Crippen LogP) is 3.15. The molecule has 0 unspecified atom stereocenters. The van der Waals surface area contributed by atoms with Crippen molar-refractivity contribution >= 4 is 17.3 Å². The Morgan fingerprint density at radius 2 is 1.35 bits per heavy atom. The summed E-state index contributed by atoms with van der Waals surface area (Å²) in [4.78, 5) is 25.6. The fourth-order valence-electron chi connectivity index (χ4n) is 3.06. The van der Waals surface area contributed by atoms with Crippen molar-refractivity contribution in [2.45, 2.75) is 0 Å². The van der Waals surface area contributed by atoms with E-state index in [0.29, 0.717) is 5.56 Å². The van der Waals surface area contributed by atoms with Gasteiger partial charge in [-0.25, -0.2) is 0 Å². The number of fused-ring (bicyclic) bond motifs is 2. The minimum absolute atomic E-state index is 0.0195. The van der Waals surface area contributed by atoms with Gasteiger partial charge in [0.2, 0.25) is 0 Å². The molecule has 1 aliphatic rings. The summed E-state index contributed by atoms with van der Waals surface area (Å²) in [6, 6.07) is 17.1. The topological polar surface area (TPSA) is 80.4 Å². The summed E-state index contributed by atoms with van der Waals surface area (Å²) in [6.07, 6.45) is 0. The van der Waals surface area contributed by atoms with Gasteiger partial charge in [-0.15, -0.1) is 0 Å². The molecule has 0 saturated carbocycles. The van der Waals surface area contributed by atoms with E-state index < -0.39 is 5.78 Å². The zero-order valence-corrected chi connectivity index (χ0v) is 13.6. The summed E-state index contributed by atoms with van der Waals surface area (Å²) < 4.78 is 0. The third kappa shape index (κ3) is 2.35. The molecule has 0 bridgehead atoms. The average Bonchev–Trinajstić information content (AvgIpc) is 2.67. The van der Waals surface area contributed by atoms with E-state index in [1.54, 1.807) is 24.3 Å². The van der Waals surface area contributed by atoms with Crippen LogP contribution in [0, 0.1) is 11.8 Å². The van der Waals surface area contributed by atoms with E-state index in [4.69, 9.17) is 5.73 Å². The lowest BCUT2D eigenvalue weighted by Gasteiger charge is -2.20. The van der Waals surface area contributed by atoms with E-state index in [2.05, 4.69) is 11.8 Å². The Balaban J connectivity index is 1.91. The van der Waals surface area contributed by atoms with Crippen LogP contribution < -0.4 is 5.73 Å². The number of nitrogens with two attached hydrogens (primary N) is 1. The first-order valence-electron chi connectivity index (χ1n) is 7.99. The van der Waals surface area contributed by atoms with E-state index in [0.717, 1.165) is 5.56 Å². The molecule has 0 fully saturated rings. The highest BCUT2D eigenvalue weighted by Crippen LogP contribution is 2.37. The van der Waals surface area contributed by atoms with Crippen molar-refractivity contribution in [2.75, 3.05) is 5.73 Å². The zero-order chi connectivity index (χ0) is 18.3. The zero-order valence-electron chi connectivity index (χ0n) is 13.6. The molecule has 3 aromatic carbocycles. The fourth-order valence-corrected chi connectivity index (χ4v) is 3.06. The third-order valence-corrected chi connectivity index (χ3v) is 4.33. The van der Waals surface area contributed by atoms with Crippen LogP contribution in [0.15, 0.2) is 60.7 Å². The second kappa shape index (κ2) is 5.91. The smallest absolute Gasteiger partial charge is 0.198 e. The number of phenols is 1. The lowest BCUT2D eigenvalue weighted by Crippen LogP contribution is -2.23. The maximum atomic E-state index is 12.9. The van der Waals surface area contributed by atoms with E-state index >= 15 is 0 Å². The Labute approximate surface area is 149 Å². The van der Waals surface area contributed by atoms with Gasteiger partial charge in [-0.3, -0.25) is 9.59 Å². The Morgan fingerprint density at radius 3 is 2.00 bits per heavy atom. The van der Waals surface area contributed by atoms with E-state index in [1.807, 2.05) is 30.3 Å². The van der Waals surface area contributed by atoms with Gasteiger partial charge in [0.1, 0.15) is 5.75 Å². The van der Waals surface area contributed by atoms with Crippen LogP contribution in [0.2, 0.25) is 0 Å². The number of hydrogen-bond acceptors (Lipinski definition) is 4. The molecule has 4 rings (SSSR count). The van der Waals surface area contributed by atoms with Crippen LogP contribution in [0.1, 0.15) is 43.0 Å². The molecular formula is C22H13NO3. The van der Waals surface area contributed by atoms with Crippen LogP contribution in [0.25, 0.3) is 0 Å².